The summed E-state index contributed by atoms with van der Waals surface area (Å²) in [5, 5.41) is 5.16. The van der Waals surface area contributed by atoms with Crippen LogP contribution in [-0.2, 0) is 13.0 Å². The van der Waals surface area contributed by atoms with E-state index in [2.05, 4.69) is 30.1 Å². The van der Waals surface area contributed by atoms with Gasteiger partial charge in [-0.05, 0) is 48.7 Å². The number of halogens is 2. The summed E-state index contributed by atoms with van der Waals surface area (Å²) in [6.45, 7) is 3.67. The van der Waals surface area contributed by atoms with Crippen molar-refractivity contribution in [2.45, 2.75) is 26.3 Å². The van der Waals surface area contributed by atoms with Crippen LogP contribution in [0.4, 0.5) is 16.0 Å². The average Bonchev–Trinajstić information content (AvgIpc) is 3.33. The minimum atomic E-state index is -0.251. The van der Waals surface area contributed by atoms with Crippen molar-refractivity contribution in [3.8, 4) is 5.69 Å². The van der Waals surface area contributed by atoms with Gasteiger partial charge in [-0.1, -0.05) is 29.8 Å². The van der Waals surface area contributed by atoms with Crippen molar-refractivity contribution in [1.29, 1.82) is 0 Å². The fourth-order valence-electron chi connectivity index (χ4n) is 3.90. The second-order valence-corrected chi connectivity index (χ2v) is 7.82. The monoisotopic (exact) mass is 422 g/mol. The predicted octanol–water partition coefficient (Wildman–Crippen LogP) is 4.70. The third kappa shape index (κ3) is 3.57. The largest absolute Gasteiger partial charge is 0.311 e. The number of imidazole rings is 1. The third-order valence-electron chi connectivity index (χ3n) is 5.26. The number of aryl methyl sites for hydroxylation is 2. The molecule has 0 N–H and O–H groups in total. The maximum absolute atomic E-state index is 13.7. The molecule has 0 aliphatic carbocycles. The first kappa shape index (κ1) is 18.8. The topological polar surface area (TPSA) is 51.8 Å². The van der Waals surface area contributed by atoms with E-state index in [1.165, 1.54) is 12.1 Å². The molecule has 0 amide bonds. The van der Waals surface area contributed by atoms with E-state index in [1.54, 1.807) is 18.6 Å². The highest BCUT2D eigenvalue weighted by atomic mass is 35.5. The van der Waals surface area contributed by atoms with E-state index in [0.717, 1.165) is 53.8 Å². The maximum Gasteiger partial charge on any atom is 0.228 e. The van der Waals surface area contributed by atoms with E-state index < -0.39 is 0 Å². The molecule has 5 rings (SSSR count). The molecule has 0 atom stereocenters. The van der Waals surface area contributed by atoms with Gasteiger partial charge in [0.05, 0.1) is 0 Å². The van der Waals surface area contributed by atoms with E-state index in [9.17, 15) is 4.39 Å². The first-order valence-electron chi connectivity index (χ1n) is 9.83. The van der Waals surface area contributed by atoms with Gasteiger partial charge in [-0.25, -0.2) is 14.1 Å². The maximum atomic E-state index is 13.7. The van der Waals surface area contributed by atoms with Crippen molar-refractivity contribution in [3.63, 3.8) is 0 Å². The van der Waals surface area contributed by atoms with Crippen LogP contribution < -0.4 is 4.90 Å². The normalized spacial score (nSPS) is 13.5. The quantitative estimate of drug-likeness (QED) is 0.478. The summed E-state index contributed by atoms with van der Waals surface area (Å²) >= 11 is 5.94. The van der Waals surface area contributed by atoms with E-state index in [-0.39, 0.29) is 5.82 Å². The summed E-state index contributed by atoms with van der Waals surface area (Å²) < 4.78 is 17.5. The Bertz CT molecular complexity index is 1210. The zero-order chi connectivity index (χ0) is 20.7. The zero-order valence-electron chi connectivity index (χ0n) is 16.5. The molecule has 0 fully saturated rings. The molecule has 0 spiro atoms. The van der Waals surface area contributed by atoms with E-state index in [0.29, 0.717) is 11.6 Å². The van der Waals surface area contributed by atoms with E-state index in [1.807, 2.05) is 20.2 Å². The molecule has 1 aliphatic heterocycles. The number of hydrogen-bond acceptors (Lipinski definition) is 4. The van der Waals surface area contributed by atoms with Crippen LogP contribution in [0.2, 0.25) is 5.15 Å². The Morgan fingerprint density at radius 1 is 1.13 bits per heavy atom. The number of nitrogens with zero attached hydrogens (tertiary/aromatic N) is 6. The Morgan fingerprint density at radius 2 is 2.03 bits per heavy atom. The Morgan fingerprint density at radius 3 is 2.80 bits per heavy atom. The van der Waals surface area contributed by atoms with Gasteiger partial charge in [0, 0.05) is 37.1 Å². The van der Waals surface area contributed by atoms with Crippen LogP contribution in [0, 0.1) is 12.7 Å². The molecular formula is C22H20ClFN6. The molecule has 0 saturated heterocycles. The Hall–Kier alpha value is -3.19. The highest BCUT2D eigenvalue weighted by Crippen LogP contribution is 2.28. The number of anilines is 2. The van der Waals surface area contributed by atoms with Crippen molar-refractivity contribution < 1.29 is 4.39 Å². The molecule has 8 heteroatoms. The molecule has 0 unspecified atom stereocenters. The van der Waals surface area contributed by atoms with E-state index in [4.69, 9.17) is 21.7 Å². The van der Waals surface area contributed by atoms with Crippen LogP contribution in [0.5, 0.6) is 0 Å². The van der Waals surface area contributed by atoms with Crippen LogP contribution in [0.3, 0.4) is 0 Å². The Balaban J connectivity index is 1.41. The van der Waals surface area contributed by atoms with Gasteiger partial charge < -0.3 is 9.47 Å². The lowest BCUT2D eigenvalue weighted by Crippen LogP contribution is -2.28. The second-order valence-electron chi connectivity index (χ2n) is 7.44. The lowest BCUT2D eigenvalue weighted by Gasteiger charge is -2.27. The van der Waals surface area contributed by atoms with Crippen LogP contribution in [0.1, 0.15) is 23.4 Å². The molecule has 3 heterocycles. The minimum absolute atomic E-state index is 0.251. The summed E-state index contributed by atoms with van der Waals surface area (Å²) in [4.78, 5) is 10.9. The van der Waals surface area contributed by atoms with Crippen LogP contribution in [-0.4, -0.2) is 30.9 Å². The van der Waals surface area contributed by atoms with Crippen molar-refractivity contribution in [2.24, 2.45) is 0 Å². The van der Waals surface area contributed by atoms with Crippen molar-refractivity contribution in [3.05, 3.63) is 82.9 Å². The zero-order valence-corrected chi connectivity index (χ0v) is 17.2. The number of rotatable bonds is 4. The van der Waals surface area contributed by atoms with Gasteiger partial charge in [-0.2, -0.15) is 10.1 Å². The molecule has 30 heavy (non-hydrogen) atoms. The molecular weight excluding hydrogens is 403 g/mol. The lowest BCUT2D eigenvalue weighted by molar-refractivity contribution is 0.535. The average molecular weight is 423 g/mol. The highest BCUT2D eigenvalue weighted by Gasteiger charge is 2.23. The molecule has 152 valence electrons. The fraction of sp³-hybridized carbons (Fsp3) is 0.227. The van der Waals surface area contributed by atoms with Crippen molar-refractivity contribution in [2.75, 3.05) is 11.4 Å². The first-order chi connectivity index (χ1) is 14.6. The standard InChI is InChI=1S/C22H20ClFN6/c1-15-10-16(6-7-19(15)28-13-20(23)25-14-28)11-21-26-22-29(8-3-9-30(22)27-21)18-5-2-4-17(24)12-18/h2,4-7,10,12-14H,3,8-9,11H2,1H3. The molecule has 6 nitrogen and oxygen atoms in total. The number of hydrogen-bond donors (Lipinski definition) is 0. The van der Waals surface area contributed by atoms with Crippen molar-refractivity contribution in [1.82, 2.24) is 24.3 Å². The first-order valence-corrected chi connectivity index (χ1v) is 10.2. The van der Waals surface area contributed by atoms with Gasteiger partial charge in [0.15, 0.2) is 5.82 Å². The van der Waals surface area contributed by atoms with Crippen molar-refractivity contribution >= 4 is 23.2 Å². The van der Waals surface area contributed by atoms with Crippen LogP contribution in [0.25, 0.3) is 5.69 Å². The summed E-state index contributed by atoms with van der Waals surface area (Å²) in [5.74, 6) is 1.27. The highest BCUT2D eigenvalue weighted by molar-refractivity contribution is 6.29. The SMILES string of the molecule is Cc1cc(Cc2nc3n(n2)CCCN3c2cccc(F)c2)ccc1-n1cnc(Cl)c1. The number of benzene rings is 2. The summed E-state index contributed by atoms with van der Waals surface area (Å²) in [7, 11) is 0. The van der Waals surface area contributed by atoms with Crippen LogP contribution >= 0.6 is 11.6 Å². The molecule has 0 bridgehead atoms. The molecule has 4 aromatic rings. The Kier molecular flexibility index (Phi) is 4.75. The summed E-state index contributed by atoms with van der Waals surface area (Å²) in [6.07, 6.45) is 5.06. The molecule has 0 saturated carbocycles. The minimum Gasteiger partial charge on any atom is -0.311 e. The van der Waals surface area contributed by atoms with E-state index >= 15 is 0 Å². The van der Waals surface area contributed by atoms with Gasteiger partial charge in [0.25, 0.3) is 0 Å². The summed E-state index contributed by atoms with van der Waals surface area (Å²) in [6, 6.07) is 12.9. The fourth-order valence-corrected chi connectivity index (χ4v) is 4.05. The third-order valence-corrected chi connectivity index (χ3v) is 5.46. The smallest absolute Gasteiger partial charge is 0.228 e. The molecule has 2 aromatic carbocycles. The molecule has 2 aromatic heterocycles. The number of aromatic nitrogens is 5. The van der Waals surface area contributed by atoms with Gasteiger partial charge in [-0.15, -0.1) is 0 Å². The lowest BCUT2D eigenvalue weighted by atomic mass is 10.1. The molecule has 1 aliphatic rings. The van der Waals surface area contributed by atoms with Crippen LogP contribution in [0.15, 0.2) is 55.0 Å². The van der Waals surface area contributed by atoms with Gasteiger partial charge >= 0.3 is 0 Å². The van der Waals surface area contributed by atoms with Gasteiger partial charge in [0.1, 0.15) is 17.3 Å². The second kappa shape index (κ2) is 7.57. The summed E-state index contributed by atoms with van der Waals surface area (Å²) in [5.41, 5.74) is 4.08. The van der Waals surface area contributed by atoms with Gasteiger partial charge in [-0.3, -0.25) is 0 Å². The number of fused-ring (bicyclic) bond motifs is 1. The Labute approximate surface area is 178 Å². The van der Waals surface area contributed by atoms with Gasteiger partial charge in [0.2, 0.25) is 5.95 Å². The molecule has 0 radical (unpaired) electrons. The predicted molar refractivity (Wildman–Crippen MR) is 114 cm³/mol.